The number of para-hydroxylation sites is 4. The second kappa shape index (κ2) is 14.9. The summed E-state index contributed by atoms with van der Waals surface area (Å²) < 4.78 is 0. The molecule has 0 aliphatic heterocycles. The zero-order chi connectivity index (χ0) is 33.3. The van der Waals surface area contributed by atoms with Crippen LogP contribution < -0.4 is 21.3 Å². The monoisotopic (exact) mass is 638 g/mol. The summed E-state index contributed by atoms with van der Waals surface area (Å²) in [6.07, 6.45) is 0. The van der Waals surface area contributed by atoms with Crippen molar-refractivity contribution in [1.29, 1.82) is 0 Å². The number of hydrogen-bond acceptors (Lipinski definition) is 8. The molecule has 0 saturated carbocycles. The van der Waals surface area contributed by atoms with Crippen molar-refractivity contribution in [2.24, 2.45) is 0 Å². The van der Waals surface area contributed by atoms with Gasteiger partial charge in [-0.05, 0) is 59.7 Å². The van der Waals surface area contributed by atoms with Crippen molar-refractivity contribution in [1.82, 2.24) is 0 Å². The molecule has 242 valence electrons. The second-order valence-electron chi connectivity index (χ2n) is 11.4. The van der Waals surface area contributed by atoms with E-state index >= 15 is 0 Å². The molecule has 0 bridgehead atoms. The standard InChI is InChI=1S/C40H38N4O4/c45-37-13-5-1-9-29(37)23-41-33-19-17-27(21-35(33)43-25-31-11-3-7-15-39(31)47)28-18-20-34(42-24-30-10-2-6-14-38(30)46)36(22-28)44-26-32-12-4-8-16-40(32)48/h1-22,41-48H,23-26H2. The maximum absolute atomic E-state index is 10.4. The number of hydrogen-bond donors (Lipinski definition) is 8. The molecule has 0 saturated heterocycles. The molecular formula is C40H38N4O4. The summed E-state index contributed by atoms with van der Waals surface area (Å²) >= 11 is 0. The quantitative estimate of drug-likeness (QED) is 0.0632. The maximum atomic E-state index is 10.4. The van der Waals surface area contributed by atoms with Crippen LogP contribution in [0.15, 0.2) is 133 Å². The zero-order valence-corrected chi connectivity index (χ0v) is 26.3. The van der Waals surface area contributed by atoms with E-state index in [0.717, 1.165) is 56.1 Å². The van der Waals surface area contributed by atoms with E-state index in [9.17, 15) is 20.4 Å². The van der Waals surface area contributed by atoms with E-state index in [-0.39, 0.29) is 23.0 Å². The number of benzene rings is 6. The topological polar surface area (TPSA) is 129 Å². The Morgan fingerprint density at radius 3 is 0.875 bits per heavy atom. The molecule has 6 rings (SSSR count). The molecule has 0 fully saturated rings. The molecule has 0 aliphatic rings. The molecule has 0 spiro atoms. The lowest BCUT2D eigenvalue weighted by Gasteiger charge is -2.19. The first-order chi connectivity index (χ1) is 23.4. The fourth-order valence-electron chi connectivity index (χ4n) is 5.45. The third-order valence-corrected chi connectivity index (χ3v) is 8.22. The van der Waals surface area contributed by atoms with Crippen molar-refractivity contribution in [3.05, 3.63) is 156 Å². The van der Waals surface area contributed by atoms with Crippen LogP contribution in [0, 0.1) is 0 Å². The van der Waals surface area contributed by atoms with Crippen LogP contribution >= 0.6 is 0 Å². The second-order valence-corrected chi connectivity index (χ2v) is 11.4. The third-order valence-electron chi connectivity index (χ3n) is 8.22. The average Bonchev–Trinajstić information content (AvgIpc) is 3.10. The lowest BCUT2D eigenvalue weighted by molar-refractivity contribution is 0.468. The normalized spacial score (nSPS) is 10.8. The Morgan fingerprint density at radius 1 is 0.312 bits per heavy atom. The fraction of sp³-hybridized carbons (Fsp3) is 0.100. The summed E-state index contributed by atoms with van der Waals surface area (Å²) in [5.41, 5.74) is 8.36. The molecule has 0 amide bonds. The van der Waals surface area contributed by atoms with Gasteiger partial charge in [-0.1, -0.05) is 84.9 Å². The Labute approximate surface area is 280 Å². The number of aromatic hydroxyl groups is 4. The highest BCUT2D eigenvalue weighted by Gasteiger charge is 2.12. The van der Waals surface area contributed by atoms with Gasteiger partial charge in [0.15, 0.2) is 0 Å². The van der Waals surface area contributed by atoms with Crippen molar-refractivity contribution >= 4 is 22.7 Å². The molecule has 0 heterocycles. The lowest BCUT2D eigenvalue weighted by atomic mass is 10.0. The zero-order valence-electron chi connectivity index (χ0n) is 26.3. The Kier molecular flexibility index (Phi) is 9.82. The van der Waals surface area contributed by atoms with Crippen molar-refractivity contribution in [2.45, 2.75) is 26.2 Å². The van der Waals surface area contributed by atoms with E-state index in [1.54, 1.807) is 48.5 Å². The van der Waals surface area contributed by atoms with Crippen molar-refractivity contribution < 1.29 is 20.4 Å². The molecular weight excluding hydrogens is 600 g/mol. The predicted octanol–water partition coefficient (Wildman–Crippen LogP) is 8.62. The van der Waals surface area contributed by atoms with Crippen LogP contribution in [0.2, 0.25) is 0 Å². The van der Waals surface area contributed by atoms with Crippen LogP contribution in [0.5, 0.6) is 23.0 Å². The van der Waals surface area contributed by atoms with Gasteiger partial charge < -0.3 is 41.7 Å². The van der Waals surface area contributed by atoms with Gasteiger partial charge in [-0.3, -0.25) is 0 Å². The summed E-state index contributed by atoms with van der Waals surface area (Å²) in [6.45, 7) is 1.66. The smallest absolute Gasteiger partial charge is 0.120 e. The Balaban J connectivity index is 1.31. The van der Waals surface area contributed by atoms with Crippen LogP contribution in [0.3, 0.4) is 0 Å². The predicted molar refractivity (Wildman–Crippen MR) is 194 cm³/mol. The highest BCUT2D eigenvalue weighted by Crippen LogP contribution is 2.35. The van der Waals surface area contributed by atoms with Crippen molar-refractivity contribution in [2.75, 3.05) is 21.3 Å². The molecule has 6 aromatic rings. The summed E-state index contributed by atoms with van der Waals surface area (Å²) in [5, 5.41) is 55.3. The van der Waals surface area contributed by atoms with Gasteiger partial charge in [0.25, 0.3) is 0 Å². The first-order valence-electron chi connectivity index (χ1n) is 15.8. The van der Waals surface area contributed by atoms with E-state index in [2.05, 4.69) is 33.4 Å². The summed E-state index contributed by atoms with van der Waals surface area (Å²) in [4.78, 5) is 0. The van der Waals surface area contributed by atoms with Crippen LogP contribution in [-0.2, 0) is 26.2 Å². The largest absolute Gasteiger partial charge is 0.508 e. The lowest BCUT2D eigenvalue weighted by Crippen LogP contribution is -2.07. The number of rotatable bonds is 13. The Morgan fingerprint density at radius 2 is 0.583 bits per heavy atom. The van der Waals surface area contributed by atoms with Gasteiger partial charge in [0.05, 0.1) is 22.7 Å². The molecule has 0 unspecified atom stereocenters. The minimum atomic E-state index is 0.219. The highest BCUT2D eigenvalue weighted by atomic mass is 16.3. The molecule has 0 aromatic heterocycles. The minimum Gasteiger partial charge on any atom is -0.508 e. The van der Waals surface area contributed by atoms with E-state index in [0.29, 0.717) is 26.2 Å². The van der Waals surface area contributed by atoms with Gasteiger partial charge in [0, 0.05) is 48.4 Å². The van der Waals surface area contributed by atoms with Gasteiger partial charge >= 0.3 is 0 Å². The SMILES string of the molecule is Oc1ccccc1CNc1ccc(-c2ccc(NCc3ccccc3O)c(NCc3ccccc3O)c2)cc1NCc1ccccc1O. The van der Waals surface area contributed by atoms with Crippen LogP contribution in [0.25, 0.3) is 11.1 Å². The van der Waals surface area contributed by atoms with Crippen molar-refractivity contribution in [3.63, 3.8) is 0 Å². The molecule has 6 aromatic carbocycles. The van der Waals surface area contributed by atoms with Gasteiger partial charge in [0.2, 0.25) is 0 Å². The van der Waals surface area contributed by atoms with Crippen LogP contribution in [0.1, 0.15) is 22.3 Å². The number of nitrogens with one attached hydrogen (secondary N) is 4. The first kappa shape index (κ1) is 31.7. The van der Waals surface area contributed by atoms with Crippen LogP contribution in [-0.4, -0.2) is 20.4 Å². The molecule has 8 nitrogen and oxygen atoms in total. The maximum Gasteiger partial charge on any atom is 0.120 e. The van der Waals surface area contributed by atoms with E-state index in [1.807, 2.05) is 72.8 Å². The molecule has 48 heavy (non-hydrogen) atoms. The highest BCUT2D eigenvalue weighted by molar-refractivity contribution is 5.82. The average molecular weight is 639 g/mol. The summed E-state index contributed by atoms with van der Waals surface area (Å²) in [7, 11) is 0. The van der Waals surface area contributed by atoms with E-state index in [1.165, 1.54) is 0 Å². The molecule has 0 aliphatic carbocycles. The first-order valence-corrected chi connectivity index (χ1v) is 15.8. The third kappa shape index (κ3) is 7.74. The molecule has 8 N–H and O–H groups in total. The fourth-order valence-corrected chi connectivity index (χ4v) is 5.45. The van der Waals surface area contributed by atoms with Gasteiger partial charge in [-0.2, -0.15) is 0 Å². The van der Waals surface area contributed by atoms with Crippen molar-refractivity contribution in [3.8, 4) is 34.1 Å². The number of anilines is 4. The number of phenolic OH excluding ortho intramolecular Hbond substituents is 4. The van der Waals surface area contributed by atoms with Crippen LogP contribution in [0.4, 0.5) is 22.7 Å². The van der Waals surface area contributed by atoms with E-state index in [4.69, 9.17) is 0 Å². The number of phenols is 4. The molecule has 0 radical (unpaired) electrons. The van der Waals surface area contributed by atoms with Gasteiger partial charge in [0.1, 0.15) is 23.0 Å². The van der Waals surface area contributed by atoms with E-state index < -0.39 is 0 Å². The molecule has 0 atom stereocenters. The Hall–Kier alpha value is -6.28. The van der Waals surface area contributed by atoms with Gasteiger partial charge in [-0.15, -0.1) is 0 Å². The van der Waals surface area contributed by atoms with Gasteiger partial charge in [-0.25, -0.2) is 0 Å². The Bertz CT molecular complexity index is 1870. The summed E-state index contributed by atoms with van der Waals surface area (Å²) in [5.74, 6) is 0.893. The summed E-state index contributed by atoms with van der Waals surface area (Å²) in [6, 6.07) is 41.1. The minimum absolute atomic E-state index is 0.219. The molecule has 8 heteroatoms.